The zero-order valence-electron chi connectivity index (χ0n) is 11.8. The maximum Gasteiger partial charge on any atom is 0.0705 e. The van der Waals surface area contributed by atoms with E-state index in [1.165, 1.54) is 5.56 Å². The van der Waals surface area contributed by atoms with Crippen molar-refractivity contribution in [2.45, 2.75) is 39.0 Å². The lowest BCUT2D eigenvalue weighted by molar-refractivity contribution is 0.853. The van der Waals surface area contributed by atoms with Crippen LogP contribution in [0.25, 0.3) is 10.9 Å². The van der Waals surface area contributed by atoms with E-state index in [-0.39, 0.29) is 0 Å². The molecule has 0 N–H and O–H groups in total. The SMILES string of the molecule is CCCC#Cc1cnc2ccccc2c1CCCC#N. The van der Waals surface area contributed by atoms with Crippen LogP contribution in [0.4, 0.5) is 0 Å². The van der Waals surface area contributed by atoms with E-state index < -0.39 is 0 Å². The zero-order valence-corrected chi connectivity index (χ0v) is 11.8. The quantitative estimate of drug-likeness (QED) is 0.610. The van der Waals surface area contributed by atoms with Gasteiger partial charge in [0.2, 0.25) is 0 Å². The molecule has 1 aromatic heterocycles. The predicted octanol–water partition coefficient (Wildman–Crippen LogP) is 4.23. The fraction of sp³-hybridized carbons (Fsp3) is 0.333. The second-order valence-corrected chi connectivity index (χ2v) is 4.73. The monoisotopic (exact) mass is 262 g/mol. The minimum Gasteiger partial charge on any atom is -0.255 e. The first-order chi connectivity index (χ1) is 9.86. The van der Waals surface area contributed by atoms with Crippen molar-refractivity contribution in [3.63, 3.8) is 0 Å². The fourth-order valence-corrected chi connectivity index (χ4v) is 2.20. The van der Waals surface area contributed by atoms with Gasteiger partial charge in [0.05, 0.1) is 11.6 Å². The number of pyridine rings is 1. The van der Waals surface area contributed by atoms with Gasteiger partial charge in [-0.05, 0) is 30.9 Å². The summed E-state index contributed by atoms with van der Waals surface area (Å²) >= 11 is 0. The number of hydrogen-bond acceptors (Lipinski definition) is 2. The summed E-state index contributed by atoms with van der Waals surface area (Å²) in [6.45, 7) is 2.13. The Morgan fingerprint density at radius 3 is 2.85 bits per heavy atom. The highest BCUT2D eigenvalue weighted by atomic mass is 14.7. The summed E-state index contributed by atoms with van der Waals surface area (Å²) in [4.78, 5) is 4.48. The summed E-state index contributed by atoms with van der Waals surface area (Å²) in [7, 11) is 0. The van der Waals surface area contributed by atoms with Gasteiger partial charge in [0.25, 0.3) is 0 Å². The largest absolute Gasteiger partial charge is 0.255 e. The minimum atomic E-state index is 0.582. The van der Waals surface area contributed by atoms with Crippen LogP contribution in [0, 0.1) is 23.2 Å². The fourth-order valence-electron chi connectivity index (χ4n) is 2.20. The van der Waals surface area contributed by atoms with Crippen molar-refractivity contribution in [3.05, 3.63) is 41.6 Å². The first kappa shape index (κ1) is 14.1. The molecule has 2 heteroatoms. The number of fused-ring (bicyclic) bond motifs is 1. The number of unbranched alkanes of at least 4 members (excludes halogenated alkanes) is 2. The third-order valence-electron chi connectivity index (χ3n) is 3.20. The molecule has 0 spiro atoms. The zero-order chi connectivity index (χ0) is 14.2. The first-order valence-corrected chi connectivity index (χ1v) is 7.09. The summed E-state index contributed by atoms with van der Waals surface area (Å²) < 4.78 is 0. The van der Waals surface area contributed by atoms with Crippen LogP contribution in [-0.4, -0.2) is 4.98 Å². The average Bonchev–Trinajstić information content (AvgIpc) is 2.49. The molecule has 2 nitrogen and oxygen atoms in total. The predicted molar refractivity (Wildman–Crippen MR) is 82.1 cm³/mol. The molecule has 0 unspecified atom stereocenters. The van der Waals surface area contributed by atoms with Gasteiger partial charge in [0.1, 0.15) is 0 Å². The van der Waals surface area contributed by atoms with Crippen molar-refractivity contribution in [3.8, 4) is 17.9 Å². The highest BCUT2D eigenvalue weighted by molar-refractivity contribution is 5.84. The molecule has 0 atom stereocenters. The number of benzene rings is 1. The van der Waals surface area contributed by atoms with Crippen LogP contribution in [0.2, 0.25) is 0 Å². The van der Waals surface area contributed by atoms with E-state index >= 15 is 0 Å². The molecule has 0 aliphatic rings. The standard InChI is InChI=1S/C18H18N2/c1-2-3-4-9-15-14-20-18-12-6-5-11-17(18)16(15)10-7-8-13-19/h5-6,11-12,14H,2-3,7-8,10H2,1H3. The second kappa shape index (κ2) is 7.31. The van der Waals surface area contributed by atoms with Gasteiger partial charge in [-0.2, -0.15) is 5.26 Å². The Balaban J connectivity index is 2.43. The van der Waals surface area contributed by atoms with Gasteiger partial charge >= 0.3 is 0 Å². The van der Waals surface area contributed by atoms with Crippen LogP contribution < -0.4 is 0 Å². The molecule has 20 heavy (non-hydrogen) atoms. The van der Waals surface area contributed by atoms with Crippen LogP contribution in [-0.2, 0) is 6.42 Å². The molecule has 0 saturated heterocycles. The van der Waals surface area contributed by atoms with Crippen LogP contribution in [0.15, 0.2) is 30.5 Å². The van der Waals surface area contributed by atoms with Crippen molar-refractivity contribution in [1.29, 1.82) is 5.26 Å². The van der Waals surface area contributed by atoms with Gasteiger partial charge in [-0.25, -0.2) is 0 Å². The van der Waals surface area contributed by atoms with E-state index in [0.29, 0.717) is 6.42 Å². The normalized spacial score (nSPS) is 9.80. The Hall–Kier alpha value is -2.32. The van der Waals surface area contributed by atoms with Crippen LogP contribution in [0.5, 0.6) is 0 Å². The third-order valence-corrected chi connectivity index (χ3v) is 3.20. The van der Waals surface area contributed by atoms with Crippen molar-refractivity contribution in [2.75, 3.05) is 0 Å². The van der Waals surface area contributed by atoms with Gasteiger partial charge < -0.3 is 0 Å². The van der Waals surface area contributed by atoms with Gasteiger partial charge in [0, 0.05) is 30.0 Å². The highest BCUT2D eigenvalue weighted by Crippen LogP contribution is 2.22. The van der Waals surface area contributed by atoms with Gasteiger partial charge in [0.15, 0.2) is 0 Å². The molecule has 100 valence electrons. The molecular weight excluding hydrogens is 244 g/mol. The molecule has 0 bridgehead atoms. The molecule has 0 aliphatic heterocycles. The lowest BCUT2D eigenvalue weighted by Gasteiger charge is -2.08. The maximum atomic E-state index is 8.71. The number of nitrogens with zero attached hydrogens (tertiary/aromatic N) is 2. The van der Waals surface area contributed by atoms with Crippen molar-refractivity contribution < 1.29 is 0 Å². The number of rotatable bonds is 4. The van der Waals surface area contributed by atoms with Gasteiger partial charge in [-0.1, -0.05) is 37.0 Å². The molecule has 1 heterocycles. The number of hydrogen-bond donors (Lipinski definition) is 0. The summed E-state index contributed by atoms with van der Waals surface area (Å²) in [5.74, 6) is 6.43. The summed E-state index contributed by atoms with van der Waals surface area (Å²) in [5.41, 5.74) is 3.24. The van der Waals surface area contributed by atoms with Crippen LogP contribution in [0.1, 0.15) is 43.7 Å². The Bertz CT molecular complexity index is 684. The summed E-state index contributed by atoms with van der Waals surface area (Å²) in [6, 6.07) is 10.3. The molecule has 0 fully saturated rings. The van der Waals surface area contributed by atoms with Crippen LogP contribution in [0.3, 0.4) is 0 Å². The maximum absolute atomic E-state index is 8.71. The van der Waals surface area contributed by atoms with Gasteiger partial charge in [-0.15, -0.1) is 0 Å². The lowest BCUT2D eigenvalue weighted by Crippen LogP contribution is -1.95. The third kappa shape index (κ3) is 3.37. The van der Waals surface area contributed by atoms with E-state index in [1.54, 1.807) is 0 Å². The molecule has 0 aliphatic carbocycles. The van der Waals surface area contributed by atoms with Crippen molar-refractivity contribution >= 4 is 10.9 Å². The number of nitriles is 1. The highest BCUT2D eigenvalue weighted by Gasteiger charge is 2.06. The molecule has 1 aromatic carbocycles. The van der Waals surface area contributed by atoms with E-state index in [1.807, 2.05) is 24.4 Å². The Morgan fingerprint density at radius 1 is 1.20 bits per heavy atom. The van der Waals surface area contributed by atoms with Crippen molar-refractivity contribution in [2.24, 2.45) is 0 Å². The molecule has 0 amide bonds. The Kier molecular flexibility index (Phi) is 5.15. The van der Waals surface area contributed by atoms with E-state index in [2.05, 4.69) is 35.9 Å². The molecule has 0 radical (unpaired) electrons. The average molecular weight is 262 g/mol. The molecule has 0 saturated carbocycles. The summed E-state index contributed by atoms with van der Waals surface area (Å²) in [5, 5.41) is 9.87. The Labute approximate surface area is 120 Å². The van der Waals surface area contributed by atoms with E-state index in [0.717, 1.165) is 42.1 Å². The second-order valence-electron chi connectivity index (χ2n) is 4.73. The minimum absolute atomic E-state index is 0.582. The molecular formula is C18H18N2. The van der Waals surface area contributed by atoms with Crippen molar-refractivity contribution in [1.82, 2.24) is 4.98 Å². The number of aryl methyl sites for hydroxylation is 1. The topological polar surface area (TPSA) is 36.7 Å². The number of para-hydroxylation sites is 1. The molecule has 2 rings (SSSR count). The van der Waals surface area contributed by atoms with Gasteiger partial charge in [-0.3, -0.25) is 4.98 Å². The first-order valence-electron chi connectivity index (χ1n) is 7.09. The Morgan fingerprint density at radius 2 is 2.05 bits per heavy atom. The molecule has 2 aromatic rings. The van der Waals surface area contributed by atoms with E-state index in [9.17, 15) is 0 Å². The smallest absolute Gasteiger partial charge is 0.0705 e. The summed E-state index contributed by atoms with van der Waals surface area (Å²) in [6.07, 6.45) is 6.17. The van der Waals surface area contributed by atoms with Crippen LogP contribution >= 0.6 is 0 Å². The number of aromatic nitrogens is 1. The lowest BCUT2D eigenvalue weighted by atomic mass is 9.98. The van der Waals surface area contributed by atoms with E-state index in [4.69, 9.17) is 5.26 Å².